The maximum atomic E-state index is 3.43. The fraction of sp³-hybridized carbons (Fsp3) is 0.714. The molecule has 112 valence electrons. The molecule has 1 saturated heterocycles. The minimum absolute atomic E-state index is 0. The standard InChI is InChI=1S/C14H25N3.2ClH/c1-14(2,3)13(12-6-5-9-16(12)4)17-10-7-15-8-11-17;;/h5-6,9,13,15H,7-8,10-11H2,1-4H3;2*1H/t13-;;/m1../s1. The van der Waals surface area contributed by atoms with Crippen molar-refractivity contribution < 1.29 is 0 Å². The summed E-state index contributed by atoms with van der Waals surface area (Å²) in [5.41, 5.74) is 1.70. The second kappa shape index (κ2) is 7.53. The van der Waals surface area contributed by atoms with Crippen molar-refractivity contribution in [3.63, 3.8) is 0 Å². The summed E-state index contributed by atoms with van der Waals surface area (Å²) < 4.78 is 2.26. The predicted molar refractivity (Wildman–Crippen MR) is 86.5 cm³/mol. The monoisotopic (exact) mass is 307 g/mol. The van der Waals surface area contributed by atoms with Crippen molar-refractivity contribution >= 4 is 24.8 Å². The van der Waals surface area contributed by atoms with Gasteiger partial charge in [-0.05, 0) is 17.5 Å². The van der Waals surface area contributed by atoms with Gasteiger partial charge in [-0.25, -0.2) is 0 Å². The Kier molecular flexibility index (Phi) is 7.45. The average molecular weight is 308 g/mol. The summed E-state index contributed by atoms with van der Waals surface area (Å²) in [6.07, 6.45) is 2.15. The highest BCUT2D eigenvalue weighted by Crippen LogP contribution is 2.37. The topological polar surface area (TPSA) is 20.2 Å². The highest BCUT2D eigenvalue weighted by molar-refractivity contribution is 5.85. The third-order valence-electron chi connectivity index (χ3n) is 3.60. The number of nitrogens with one attached hydrogen (secondary N) is 1. The molecule has 0 aliphatic carbocycles. The van der Waals surface area contributed by atoms with Crippen LogP contribution in [0.25, 0.3) is 0 Å². The first-order valence-corrected chi connectivity index (χ1v) is 6.56. The first-order valence-electron chi connectivity index (χ1n) is 6.56. The van der Waals surface area contributed by atoms with Gasteiger partial charge in [0.15, 0.2) is 0 Å². The quantitative estimate of drug-likeness (QED) is 0.906. The molecule has 0 saturated carbocycles. The van der Waals surface area contributed by atoms with Gasteiger partial charge in [0.2, 0.25) is 0 Å². The lowest BCUT2D eigenvalue weighted by Gasteiger charge is -2.42. The fourth-order valence-electron chi connectivity index (χ4n) is 2.88. The molecule has 0 spiro atoms. The number of aromatic nitrogens is 1. The Bertz CT molecular complexity index is 365. The number of halogens is 2. The van der Waals surface area contributed by atoms with E-state index in [4.69, 9.17) is 0 Å². The van der Waals surface area contributed by atoms with E-state index in [-0.39, 0.29) is 30.2 Å². The lowest BCUT2D eigenvalue weighted by Crippen LogP contribution is -2.48. The maximum absolute atomic E-state index is 3.43. The molecule has 0 aromatic carbocycles. The first kappa shape index (κ1) is 18.8. The molecule has 0 unspecified atom stereocenters. The Morgan fingerprint density at radius 3 is 2.16 bits per heavy atom. The molecule has 0 radical (unpaired) electrons. The van der Waals surface area contributed by atoms with Crippen molar-refractivity contribution in [1.29, 1.82) is 0 Å². The summed E-state index contributed by atoms with van der Waals surface area (Å²) in [6.45, 7) is 11.5. The molecular formula is C14H27Cl2N3. The van der Waals surface area contributed by atoms with E-state index in [2.05, 4.69) is 60.9 Å². The summed E-state index contributed by atoms with van der Waals surface area (Å²) in [5, 5.41) is 3.43. The highest BCUT2D eigenvalue weighted by Gasteiger charge is 2.33. The summed E-state index contributed by atoms with van der Waals surface area (Å²) in [4.78, 5) is 2.62. The van der Waals surface area contributed by atoms with Gasteiger partial charge < -0.3 is 9.88 Å². The molecule has 1 N–H and O–H groups in total. The molecular weight excluding hydrogens is 281 g/mol. The van der Waals surface area contributed by atoms with Crippen LogP contribution in [0, 0.1) is 5.41 Å². The lowest BCUT2D eigenvalue weighted by atomic mass is 9.83. The molecule has 1 aliphatic rings. The van der Waals surface area contributed by atoms with E-state index in [1.807, 2.05) is 0 Å². The highest BCUT2D eigenvalue weighted by atomic mass is 35.5. The van der Waals surface area contributed by atoms with Crippen molar-refractivity contribution in [1.82, 2.24) is 14.8 Å². The first-order chi connectivity index (χ1) is 8.00. The van der Waals surface area contributed by atoms with Crippen molar-refractivity contribution in [2.24, 2.45) is 12.5 Å². The van der Waals surface area contributed by atoms with Crippen LogP contribution < -0.4 is 5.32 Å². The van der Waals surface area contributed by atoms with Crippen LogP contribution in [0.1, 0.15) is 32.5 Å². The van der Waals surface area contributed by atoms with Crippen LogP contribution in [0.5, 0.6) is 0 Å². The third-order valence-corrected chi connectivity index (χ3v) is 3.60. The smallest absolute Gasteiger partial charge is 0.0549 e. The van der Waals surface area contributed by atoms with Crippen LogP contribution in [0.3, 0.4) is 0 Å². The van der Waals surface area contributed by atoms with Crippen molar-refractivity contribution in [2.45, 2.75) is 26.8 Å². The molecule has 2 heterocycles. The number of hydrogen-bond acceptors (Lipinski definition) is 2. The van der Waals surface area contributed by atoms with Crippen LogP contribution in [0.15, 0.2) is 18.3 Å². The molecule has 3 nitrogen and oxygen atoms in total. The largest absolute Gasteiger partial charge is 0.353 e. The SMILES string of the molecule is Cl.Cl.Cn1cccc1[C@@H](N1CCNCC1)C(C)(C)C. The van der Waals surface area contributed by atoms with Crippen molar-refractivity contribution in [3.8, 4) is 0 Å². The van der Waals surface area contributed by atoms with E-state index in [9.17, 15) is 0 Å². The second-order valence-corrected chi connectivity index (χ2v) is 6.10. The molecule has 1 aromatic rings. The van der Waals surface area contributed by atoms with Crippen molar-refractivity contribution in [2.75, 3.05) is 26.2 Å². The van der Waals surface area contributed by atoms with Gasteiger partial charge >= 0.3 is 0 Å². The van der Waals surface area contributed by atoms with E-state index in [1.165, 1.54) is 5.69 Å². The second-order valence-electron chi connectivity index (χ2n) is 6.10. The Hall–Kier alpha value is -0.220. The van der Waals surface area contributed by atoms with E-state index < -0.39 is 0 Å². The maximum Gasteiger partial charge on any atom is 0.0549 e. The zero-order valence-electron chi connectivity index (χ0n) is 12.3. The molecule has 1 atom stereocenters. The number of aryl methyl sites for hydroxylation is 1. The zero-order chi connectivity index (χ0) is 12.5. The van der Waals surface area contributed by atoms with Crippen LogP contribution in [0.2, 0.25) is 0 Å². The van der Waals surface area contributed by atoms with Crippen LogP contribution >= 0.6 is 24.8 Å². The molecule has 1 fully saturated rings. The van der Waals surface area contributed by atoms with Gasteiger partial charge in [-0.15, -0.1) is 24.8 Å². The summed E-state index contributed by atoms with van der Waals surface area (Å²) in [6, 6.07) is 4.92. The number of hydrogen-bond donors (Lipinski definition) is 1. The fourth-order valence-corrected chi connectivity index (χ4v) is 2.88. The zero-order valence-corrected chi connectivity index (χ0v) is 14.0. The molecule has 5 heteroatoms. The van der Waals surface area contributed by atoms with Crippen molar-refractivity contribution in [3.05, 3.63) is 24.0 Å². The van der Waals surface area contributed by atoms with Gasteiger partial charge in [0.1, 0.15) is 0 Å². The van der Waals surface area contributed by atoms with Gasteiger partial charge in [-0.3, -0.25) is 4.90 Å². The Labute approximate surface area is 129 Å². The van der Waals surface area contributed by atoms with E-state index >= 15 is 0 Å². The Morgan fingerprint density at radius 1 is 1.16 bits per heavy atom. The number of nitrogens with zero attached hydrogens (tertiary/aromatic N) is 2. The lowest BCUT2D eigenvalue weighted by molar-refractivity contribution is 0.0810. The van der Waals surface area contributed by atoms with Gasteiger partial charge in [0, 0.05) is 45.1 Å². The minimum atomic E-state index is 0. The minimum Gasteiger partial charge on any atom is -0.353 e. The Morgan fingerprint density at radius 2 is 1.74 bits per heavy atom. The number of piperazine rings is 1. The van der Waals surface area contributed by atoms with Gasteiger partial charge in [-0.1, -0.05) is 20.8 Å². The molecule has 1 aromatic heterocycles. The van der Waals surface area contributed by atoms with Gasteiger partial charge in [-0.2, -0.15) is 0 Å². The summed E-state index contributed by atoms with van der Waals surface area (Å²) in [5.74, 6) is 0. The predicted octanol–water partition coefficient (Wildman–Crippen LogP) is 2.86. The Balaban J connectivity index is 0.00000162. The third kappa shape index (κ3) is 4.38. The van der Waals surface area contributed by atoms with Crippen LogP contribution in [0.4, 0.5) is 0 Å². The molecule has 0 amide bonds. The van der Waals surface area contributed by atoms with Crippen LogP contribution in [-0.2, 0) is 7.05 Å². The normalized spacial score (nSPS) is 18.3. The van der Waals surface area contributed by atoms with Gasteiger partial charge in [0.05, 0.1) is 6.04 Å². The molecule has 1 aliphatic heterocycles. The van der Waals surface area contributed by atoms with E-state index in [0.29, 0.717) is 6.04 Å². The van der Waals surface area contributed by atoms with Gasteiger partial charge in [0.25, 0.3) is 0 Å². The molecule has 2 rings (SSSR count). The summed E-state index contributed by atoms with van der Waals surface area (Å²) >= 11 is 0. The molecule has 19 heavy (non-hydrogen) atoms. The van der Waals surface area contributed by atoms with Crippen LogP contribution in [-0.4, -0.2) is 35.6 Å². The molecule has 0 bridgehead atoms. The average Bonchev–Trinajstić information content (AvgIpc) is 2.65. The van der Waals surface area contributed by atoms with E-state index in [1.54, 1.807) is 0 Å². The van der Waals surface area contributed by atoms with E-state index in [0.717, 1.165) is 26.2 Å². The number of rotatable bonds is 2. The summed E-state index contributed by atoms with van der Waals surface area (Å²) in [7, 11) is 2.15.